The number of rotatable bonds is 2. The number of nitrogens with zero attached hydrogens (tertiary/aromatic N) is 4. The maximum absolute atomic E-state index is 5.68. The largest absolute Gasteiger partial charge is 0.338 e. The van der Waals surface area contributed by atoms with E-state index < -0.39 is 0 Å². The smallest absolute Gasteiger partial charge is 0.227 e. The van der Waals surface area contributed by atoms with Crippen LogP contribution in [0.1, 0.15) is 30.5 Å². The van der Waals surface area contributed by atoms with Gasteiger partial charge in [0.25, 0.3) is 0 Å². The Labute approximate surface area is 120 Å². The van der Waals surface area contributed by atoms with E-state index in [4.69, 9.17) is 10.8 Å². The van der Waals surface area contributed by atoms with Gasteiger partial charge in [-0.25, -0.2) is 10.8 Å². The molecule has 0 aromatic carbocycles. The molecule has 1 aliphatic carbocycles. The van der Waals surface area contributed by atoms with Gasteiger partial charge in [-0.1, -0.05) is 6.42 Å². The molecule has 3 rings (SSSR count). The van der Waals surface area contributed by atoms with Gasteiger partial charge in [0.2, 0.25) is 5.95 Å². The molecule has 0 atom stereocenters. The third-order valence-corrected chi connectivity index (χ3v) is 4.34. The molecular formula is C14H24N6. The van der Waals surface area contributed by atoms with Gasteiger partial charge in [-0.2, -0.15) is 4.98 Å². The number of anilines is 2. The van der Waals surface area contributed by atoms with Crippen LogP contribution in [0.15, 0.2) is 0 Å². The zero-order chi connectivity index (χ0) is 13.9. The van der Waals surface area contributed by atoms with Crippen molar-refractivity contribution in [1.29, 1.82) is 0 Å². The van der Waals surface area contributed by atoms with Crippen LogP contribution in [0.2, 0.25) is 0 Å². The molecule has 0 amide bonds. The Kier molecular flexibility index (Phi) is 4.03. The summed E-state index contributed by atoms with van der Waals surface area (Å²) in [7, 11) is 2.15. The van der Waals surface area contributed by atoms with Gasteiger partial charge in [-0.15, -0.1) is 0 Å². The number of hydrogen-bond acceptors (Lipinski definition) is 6. The molecule has 1 fully saturated rings. The number of fused-ring (bicyclic) bond motifs is 1. The third-order valence-electron chi connectivity index (χ3n) is 4.34. The molecule has 0 bridgehead atoms. The first-order chi connectivity index (χ1) is 9.78. The Hall–Kier alpha value is -1.40. The highest BCUT2D eigenvalue weighted by Crippen LogP contribution is 2.26. The number of piperazine rings is 1. The Bertz CT molecular complexity index is 467. The molecule has 0 unspecified atom stereocenters. The van der Waals surface area contributed by atoms with E-state index in [0.717, 1.165) is 50.8 Å². The van der Waals surface area contributed by atoms with E-state index >= 15 is 0 Å². The lowest BCUT2D eigenvalue weighted by Crippen LogP contribution is -2.45. The topological polar surface area (TPSA) is 70.3 Å². The van der Waals surface area contributed by atoms with Crippen LogP contribution in [-0.2, 0) is 12.8 Å². The maximum atomic E-state index is 5.68. The summed E-state index contributed by atoms with van der Waals surface area (Å²) in [6, 6.07) is 0. The van der Waals surface area contributed by atoms with E-state index in [1.165, 1.54) is 30.5 Å². The predicted octanol–water partition coefficient (Wildman–Crippen LogP) is 0.783. The monoisotopic (exact) mass is 276 g/mol. The van der Waals surface area contributed by atoms with Gasteiger partial charge in [-0.05, 0) is 32.7 Å². The molecule has 3 N–H and O–H groups in total. The van der Waals surface area contributed by atoms with Crippen LogP contribution in [0.5, 0.6) is 0 Å². The second-order valence-electron chi connectivity index (χ2n) is 5.79. The molecule has 2 aliphatic rings. The molecule has 6 heteroatoms. The fourth-order valence-corrected chi connectivity index (χ4v) is 3.03. The first-order valence-corrected chi connectivity index (χ1v) is 7.58. The number of nitrogens with one attached hydrogen (secondary N) is 1. The zero-order valence-corrected chi connectivity index (χ0v) is 12.2. The van der Waals surface area contributed by atoms with Crippen LogP contribution >= 0.6 is 0 Å². The van der Waals surface area contributed by atoms with Crippen molar-refractivity contribution in [3.63, 3.8) is 0 Å². The van der Waals surface area contributed by atoms with Crippen molar-refractivity contribution in [3.05, 3.63) is 11.3 Å². The minimum Gasteiger partial charge on any atom is -0.338 e. The molecule has 20 heavy (non-hydrogen) atoms. The molecule has 110 valence electrons. The lowest BCUT2D eigenvalue weighted by Gasteiger charge is -2.33. The van der Waals surface area contributed by atoms with Crippen molar-refractivity contribution in [3.8, 4) is 0 Å². The van der Waals surface area contributed by atoms with Gasteiger partial charge < -0.3 is 15.2 Å². The quantitative estimate of drug-likeness (QED) is 0.473. The summed E-state index contributed by atoms with van der Waals surface area (Å²) < 4.78 is 0. The van der Waals surface area contributed by atoms with Crippen molar-refractivity contribution in [1.82, 2.24) is 14.9 Å². The van der Waals surface area contributed by atoms with E-state index in [-0.39, 0.29) is 0 Å². The minimum atomic E-state index is 0.825. The molecule has 1 saturated heterocycles. The summed E-state index contributed by atoms with van der Waals surface area (Å²) in [5, 5.41) is 0. The standard InChI is InChI=1S/C14H24N6/c1-19-7-9-20(10-8-19)14-16-12-6-4-2-3-5-11(12)13(17-14)18-15/h2-10,15H2,1H3,(H,16,17,18). The number of likely N-dealkylation sites (N-methyl/N-ethyl adjacent to an activating group) is 1. The van der Waals surface area contributed by atoms with Crippen LogP contribution in [0, 0.1) is 0 Å². The van der Waals surface area contributed by atoms with E-state index in [0.29, 0.717) is 0 Å². The van der Waals surface area contributed by atoms with Gasteiger partial charge in [0.05, 0.1) is 5.69 Å². The minimum absolute atomic E-state index is 0.825. The SMILES string of the molecule is CN1CCN(c2nc3c(c(NN)n2)CCCCC3)CC1. The highest BCUT2D eigenvalue weighted by atomic mass is 15.3. The Morgan fingerprint density at radius 1 is 1.00 bits per heavy atom. The molecule has 2 heterocycles. The van der Waals surface area contributed by atoms with E-state index in [1.807, 2.05) is 0 Å². The number of nitrogen functional groups attached to an aromatic ring is 1. The number of aromatic nitrogens is 2. The molecule has 1 aromatic heterocycles. The summed E-state index contributed by atoms with van der Waals surface area (Å²) >= 11 is 0. The third kappa shape index (κ3) is 2.71. The predicted molar refractivity (Wildman–Crippen MR) is 80.8 cm³/mol. The average Bonchev–Trinajstić information content (AvgIpc) is 2.72. The van der Waals surface area contributed by atoms with E-state index in [9.17, 15) is 0 Å². The van der Waals surface area contributed by atoms with Gasteiger partial charge in [-0.3, -0.25) is 0 Å². The van der Waals surface area contributed by atoms with E-state index in [1.54, 1.807) is 0 Å². The molecule has 1 aromatic rings. The van der Waals surface area contributed by atoms with Crippen LogP contribution in [0.3, 0.4) is 0 Å². The summed E-state index contributed by atoms with van der Waals surface area (Å²) in [6.07, 6.45) is 5.78. The zero-order valence-electron chi connectivity index (χ0n) is 12.2. The molecular weight excluding hydrogens is 252 g/mol. The van der Waals surface area contributed by atoms with Crippen LogP contribution < -0.4 is 16.2 Å². The lowest BCUT2D eigenvalue weighted by atomic mass is 10.1. The average molecular weight is 276 g/mol. The van der Waals surface area contributed by atoms with Gasteiger partial charge >= 0.3 is 0 Å². The van der Waals surface area contributed by atoms with Crippen molar-refractivity contribution in [2.75, 3.05) is 43.6 Å². The molecule has 1 aliphatic heterocycles. The summed E-state index contributed by atoms with van der Waals surface area (Å²) in [5.41, 5.74) is 5.20. The molecule has 0 radical (unpaired) electrons. The molecule has 6 nitrogen and oxygen atoms in total. The Morgan fingerprint density at radius 2 is 1.75 bits per heavy atom. The summed E-state index contributed by atoms with van der Waals surface area (Å²) in [5.74, 6) is 7.34. The maximum Gasteiger partial charge on any atom is 0.227 e. The van der Waals surface area contributed by atoms with Crippen LogP contribution in [-0.4, -0.2) is 48.1 Å². The first kappa shape index (κ1) is 13.6. The second-order valence-corrected chi connectivity index (χ2v) is 5.79. The van der Waals surface area contributed by atoms with Gasteiger partial charge in [0.15, 0.2) is 0 Å². The van der Waals surface area contributed by atoms with Crippen molar-refractivity contribution < 1.29 is 0 Å². The van der Waals surface area contributed by atoms with Crippen molar-refractivity contribution >= 4 is 11.8 Å². The highest BCUT2D eigenvalue weighted by molar-refractivity contribution is 5.51. The second kappa shape index (κ2) is 5.93. The highest BCUT2D eigenvalue weighted by Gasteiger charge is 2.21. The Balaban J connectivity index is 1.90. The van der Waals surface area contributed by atoms with Crippen molar-refractivity contribution in [2.45, 2.75) is 32.1 Å². The van der Waals surface area contributed by atoms with Gasteiger partial charge in [0, 0.05) is 31.7 Å². The number of hydrazine groups is 1. The fraction of sp³-hybridized carbons (Fsp3) is 0.714. The number of hydrogen-bond donors (Lipinski definition) is 2. The molecule has 0 saturated carbocycles. The van der Waals surface area contributed by atoms with Crippen LogP contribution in [0.25, 0.3) is 0 Å². The molecule has 0 spiro atoms. The van der Waals surface area contributed by atoms with Crippen molar-refractivity contribution in [2.24, 2.45) is 5.84 Å². The summed E-state index contributed by atoms with van der Waals surface area (Å²) in [6.45, 7) is 4.09. The lowest BCUT2D eigenvalue weighted by molar-refractivity contribution is 0.311. The van der Waals surface area contributed by atoms with E-state index in [2.05, 4.69) is 27.3 Å². The summed E-state index contributed by atoms with van der Waals surface area (Å²) in [4.78, 5) is 14.1. The normalized spacial score (nSPS) is 20.4. The number of aryl methyl sites for hydroxylation is 1. The number of nitrogens with two attached hydrogens (primary N) is 1. The fourth-order valence-electron chi connectivity index (χ4n) is 3.03. The van der Waals surface area contributed by atoms with Crippen LogP contribution in [0.4, 0.5) is 11.8 Å². The first-order valence-electron chi connectivity index (χ1n) is 7.58. The van der Waals surface area contributed by atoms with Gasteiger partial charge in [0.1, 0.15) is 5.82 Å². The Morgan fingerprint density at radius 3 is 2.50 bits per heavy atom.